The first-order chi connectivity index (χ1) is 6.24. The van der Waals surface area contributed by atoms with Crippen LogP contribution in [0.1, 0.15) is 20.3 Å². The number of aromatic nitrogens is 1. The first kappa shape index (κ1) is 10.3. The van der Waals surface area contributed by atoms with Crippen molar-refractivity contribution in [1.82, 2.24) is 4.98 Å². The van der Waals surface area contributed by atoms with Crippen molar-refractivity contribution in [3.8, 4) is 0 Å². The smallest absolute Gasteiger partial charge is 0.144 e. The Bertz CT molecular complexity index is 263. The predicted molar refractivity (Wildman–Crippen MR) is 57.2 cm³/mol. The third-order valence-corrected chi connectivity index (χ3v) is 2.38. The Kier molecular flexibility index (Phi) is 4.03. The topological polar surface area (TPSA) is 24.9 Å². The second-order valence-corrected chi connectivity index (χ2v) is 3.64. The highest BCUT2D eigenvalue weighted by molar-refractivity contribution is 6.32. The van der Waals surface area contributed by atoms with Gasteiger partial charge in [0.05, 0.1) is 5.02 Å². The minimum atomic E-state index is 0.651. The molecule has 0 aliphatic carbocycles. The molecule has 0 aromatic carbocycles. The summed E-state index contributed by atoms with van der Waals surface area (Å²) in [5, 5.41) is 3.91. The quantitative estimate of drug-likeness (QED) is 0.804. The lowest BCUT2D eigenvalue weighted by molar-refractivity contribution is 0.592. The summed E-state index contributed by atoms with van der Waals surface area (Å²) in [5.41, 5.74) is 0. The molecule has 2 nitrogen and oxygen atoms in total. The number of hydrogen-bond donors (Lipinski definition) is 1. The lowest BCUT2D eigenvalue weighted by atomic mass is 10.1. The van der Waals surface area contributed by atoms with E-state index < -0.39 is 0 Å². The zero-order valence-electron chi connectivity index (χ0n) is 8.05. The van der Waals surface area contributed by atoms with E-state index >= 15 is 0 Å². The Hall–Kier alpha value is -0.760. The summed E-state index contributed by atoms with van der Waals surface area (Å²) < 4.78 is 0. The molecule has 1 atom stereocenters. The highest BCUT2D eigenvalue weighted by atomic mass is 35.5. The molecule has 1 rings (SSSR count). The number of nitrogens with zero attached hydrogens (tertiary/aromatic N) is 1. The summed E-state index contributed by atoms with van der Waals surface area (Å²) >= 11 is 5.93. The molecule has 1 aromatic rings. The zero-order valence-corrected chi connectivity index (χ0v) is 8.80. The molecule has 13 heavy (non-hydrogen) atoms. The van der Waals surface area contributed by atoms with Crippen LogP contribution in [0.2, 0.25) is 5.02 Å². The fourth-order valence-electron chi connectivity index (χ4n) is 0.931. The van der Waals surface area contributed by atoms with E-state index in [1.165, 1.54) is 0 Å². The van der Waals surface area contributed by atoms with Crippen molar-refractivity contribution < 1.29 is 0 Å². The molecular weight excluding hydrogens is 184 g/mol. The molecule has 72 valence electrons. The van der Waals surface area contributed by atoms with Gasteiger partial charge in [-0.2, -0.15) is 0 Å². The van der Waals surface area contributed by atoms with Gasteiger partial charge in [-0.3, -0.25) is 0 Å². The van der Waals surface area contributed by atoms with Gasteiger partial charge in [0.1, 0.15) is 5.82 Å². The fourth-order valence-corrected chi connectivity index (χ4v) is 1.12. The van der Waals surface area contributed by atoms with Crippen LogP contribution in [0.25, 0.3) is 0 Å². The van der Waals surface area contributed by atoms with E-state index in [1.54, 1.807) is 6.20 Å². The molecule has 0 bridgehead atoms. The summed E-state index contributed by atoms with van der Waals surface area (Å²) in [4.78, 5) is 4.14. The summed E-state index contributed by atoms with van der Waals surface area (Å²) in [5.74, 6) is 1.43. The van der Waals surface area contributed by atoms with Gasteiger partial charge in [-0.05, 0) is 18.1 Å². The van der Waals surface area contributed by atoms with E-state index in [1.807, 2.05) is 12.1 Å². The maximum Gasteiger partial charge on any atom is 0.144 e. The summed E-state index contributed by atoms with van der Waals surface area (Å²) in [6.45, 7) is 5.30. The second kappa shape index (κ2) is 5.07. The predicted octanol–water partition coefficient (Wildman–Crippen LogP) is 3.19. The number of halogens is 1. The molecule has 1 N–H and O–H groups in total. The lowest BCUT2D eigenvalue weighted by Crippen LogP contribution is -2.11. The minimum absolute atomic E-state index is 0.651. The molecule has 0 saturated carbocycles. The van der Waals surface area contributed by atoms with Crippen molar-refractivity contribution in [2.75, 3.05) is 11.9 Å². The maximum absolute atomic E-state index is 5.93. The van der Waals surface area contributed by atoms with Gasteiger partial charge in [0.2, 0.25) is 0 Å². The van der Waals surface area contributed by atoms with Crippen LogP contribution < -0.4 is 5.32 Å². The molecule has 0 saturated heterocycles. The van der Waals surface area contributed by atoms with E-state index in [-0.39, 0.29) is 0 Å². The second-order valence-electron chi connectivity index (χ2n) is 3.23. The van der Waals surface area contributed by atoms with Crippen LogP contribution in [-0.2, 0) is 0 Å². The fraction of sp³-hybridized carbons (Fsp3) is 0.500. The number of anilines is 1. The number of pyridine rings is 1. The van der Waals surface area contributed by atoms with Crippen LogP contribution in [0.4, 0.5) is 5.82 Å². The van der Waals surface area contributed by atoms with Crippen LogP contribution in [0.3, 0.4) is 0 Å². The Morgan fingerprint density at radius 1 is 1.62 bits per heavy atom. The molecule has 0 spiro atoms. The lowest BCUT2D eigenvalue weighted by Gasteiger charge is -2.11. The van der Waals surface area contributed by atoms with Crippen LogP contribution in [0, 0.1) is 5.92 Å². The molecule has 1 aromatic heterocycles. The van der Waals surface area contributed by atoms with Gasteiger partial charge in [-0.15, -0.1) is 0 Å². The van der Waals surface area contributed by atoms with Gasteiger partial charge in [0.15, 0.2) is 0 Å². The first-order valence-electron chi connectivity index (χ1n) is 4.58. The summed E-state index contributed by atoms with van der Waals surface area (Å²) in [7, 11) is 0. The number of rotatable bonds is 4. The summed E-state index contributed by atoms with van der Waals surface area (Å²) in [6.07, 6.45) is 2.91. The van der Waals surface area contributed by atoms with Crippen molar-refractivity contribution in [3.63, 3.8) is 0 Å². The molecule has 0 aliphatic rings. The third kappa shape index (κ3) is 3.23. The minimum Gasteiger partial charge on any atom is -0.369 e. The SMILES string of the molecule is CCC(C)CNc1ncccc1Cl. The molecule has 1 unspecified atom stereocenters. The van der Waals surface area contributed by atoms with E-state index in [9.17, 15) is 0 Å². The van der Waals surface area contributed by atoms with Crippen molar-refractivity contribution in [1.29, 1.82) is 0 Å². The van der Waals surface area contributed by atoms with Gasteiger partial charge >= 0.3 is 0 Å². The monoisotopic (exact) mass is 198 g/mol. The highest BCUT2D eigenvalue weighted by Gasteiger charge is 2.01. The molecule has 0 amide bonds. The van der Waals surface area contributed by atoms with Crippen molar-refractivity contribution >= 4 is 17.4 Å². The Labute approximate surface area is 84.3 Å². The van der Waals surface area contributed by atoms with E-state index in [2.05, 4.69) is 24.1 Å². The largest absolute Gasteiger partial charge is 0.369 e. The number of hydrogen-bond acceptors (Lipinski definition) is 2. The molecule has 0 aliphatic heterocycles. The molecule has 0 fully saturated rings. The molecular formula is C10H15ClN2. The van der Waals surface area contributed by atoms with Crippen molar-refractivity contribution in [3.05, 3.63) is 23.4 Å². The average molecular weight is 199 g/mol. The molecule has 0 radical (unpaired) electrons. The first-order valence-corrected chi connectivity index (χ1v) is 4.96. The van der Waals surface area contributed by atoms with E-state index in [0.29, 0.717) is 10.9 Å². The van der Waals surface area contributed by atoms with E-state index in [0.717, 1.165) is 18.8 Å². The van der Waals surface area contributed by atoms with Gasteiger partial charge in [0.25, 0.3) is 0 Å². The normalized spacial score (nSPS) is 12.5. The van der Waals surface area contributed by atoms with Crippen LogP contribution in [0.15, 0.2) is 18.3 Å². The van der Waals surface area contributed by atoms with E-state index in [4.69, 9.17) is 11.6 Å². The Morgan fingerprint density at radius 2 is 2.38 bits per heavy atom. The van der Waals surface area contributed by atoms with Gasteiger partial charge < -0.3 is 5.32 Å². The highest BCUT2D eigenvalue weighted by Crippen LogP contribution is 2.17. The maximum atomic E-state index is 5.93. The Balaban J connectivity index is 2.50. The number of nitrogens with one attached hydrogen (secondary N) is 1. The van der Waals surface area contributed by atoms with Gasteiger partial charge in [0, 0.05) is 12.7 Å². The average Bonchev–Trinajstić information content (AvgIpc) is 2.16. The van der Waals surface area contributed by atoms with Crippen LogP contribution in [-0.4, -0.2) is 11.5 Å². The van der Waals surface area contributed by atoms with Crippen LogP contribution in [0.5, 0.6) is 0 Å². The van der Waals surface area contributed by atoms with Crippen molar-refractivity contribution in [2.45, 2.75) is 20.3 Å². The summed E-state index contributed by atoms with van der Waals surface area (Å²) in [6, 6.07) is 3.67. The van der Waals surface area contributed by atoms with Gasteiger partial charge in [-0.25, -0.2) is 4.98 Å². The standard InChI is InChI=1S/C10H15ClN2/c1-3-8(2)7-13-10-9(11)5-4-6-12-10/h4-6,8H,3,7H2,1-2H3,(H,12,13). The zero-order chi connectivity index (χ0) is 9.68. The molecule has 3 heteroatoms. The molecule has 1 heterocycles. The van der Waals surface area contributed by atoms with Gasteiger partial charge in [-0.1, -0.05) is 31.9 Å². The Morgan fingerprint density at radius 3 is 3.00 bits per heavy atom. The third-order valence-electron chi connectivity index (χ3n) is 2.07. The van der Waals surface area contributed by atoms with Crippen molar-refractivity contribution in [2.24, 2.45) is 5.92 Å². The van der Waals surface area contributed by atoms with Crippen LogP contribution >= 0.6 is 11.6 Å².